The van der Waals surface area contributed by atoms with Gasteiger partial charge in [-0.2, -0.15) is 0 Å². The molecule has 134 valence electrons. The molecular formula is C20H25NO4. The number of carboxylic acids is 1. The third-order valence-corrected chi connectivity index (χ3v) is 4.02. The van der Waals surface area contributed by atoms with Gasteiger partial charge in [-0.15, -0.1) is 0 Å². The van der Waals surface area contributed by atoms with Crippen molar-refractivity contribution < 1.29 is 19.4 Å². The summed E-state index contributed by atoms with van der Waals surface area (Å²) in [7, 11) is 0. The van der Waals surface area contributed by atoms with Gasteiger partial charge in [0.1, 0.15) is 6.61 Å². The zero-order chi connectivity index (χ0) is 18.1. The first-order valence-corrected chi connectivity index (χ1v) is 8.67. The zero-order valence-corrected chi connectivity index (χ0v) is 14.5. The van der Waals surface area contributed by atoms with Crippen LogP contribution in [0.1, 0.15) is 44.2 Å². The molecule has 0 bridgehead atoms. The van der Waals surface area contributed by atoms with Gasteiger partial charge in [0.05, 0.1) is 12.5 Å². The molecule has 0 aliphatic rings. The highest BCUT2D eigenvalue weighted by Gasteiger charge is 2.18. The standard InChI is InChI=1S/C20H25NO4/c1-2-3-6-11-25-14-19(22)21-18(13-20(23)24)17-10-9-15-7-4-5-8-16(15)12-17/h4-5,7-10,12,18H,2-3,6,11,13-14H2,1H3,(H,21,22)(H,23,24)/t18-/m0/s1. The van der Waals surface area contributed by atoms with Gasteiger partial charge < -0.3 is 15.2 Å². The van der Waals surface area contributed by atoms with E-state index >= 15 is 0 Å². The van der Waals surface area contributed by atoms with E-state index in [1.807, 2.05) is 42.5 Å². The average Bonchev–Trinajstić information content (AvgIpc) is 2.60. The first-order chi connectivity index (χ1) is 12.1. The number of carboxylic acid groups (broad SMARTS) is 1. The van der Waals surface area contributed by atoms with Crippen LogP contribution in [-0.2, 0) is 14.3 Å². The Bertz CT molecular complexity index is 714. The van der Waals surface area contributed by atoms with Crippen LogP contribution in [0.25, 0.3) is 10.8 Å². The van der Waals surface area contributed by atoms with E-state index in [2.05, 4.69) is 12.2 Å². The van der Waals surface area contributed by atoms with E-state index in [4.69, 9.17) is 9.84 Å². The molecule has 2 N–H and O–H groups in total. The van der Waals surface area contributed by atoms with Crippen molar-refractivity contribution in [2.75, 3.05) is 13.2 Å². The number of hydrogen-bond acceptors (Lipinski definition) is 3. The van der Waals surface area contributed by atoms with E-state index in [1.165, 1.54) is 0 Å². The predicted molar refractivity (Wildman–Crippen MR) is 97.4 cm³/mol. The molecule has 2 rings (SSSR count). The summed E-state index contributed by atoms with van der Waals surface area (Å²) in [5.74, 6) is -1.25. The summed E-state index contributed by atoms with van der Waals surface area (Å²) in [6, 6.07) is 13.0. The molecule has 2 aromatic rings. The molecule has 25 heavy (non-hydrogen) atoms. The van der Waals surface area contributed by atoms with Crippen molar-refractivity contribution in [1.82, 2.24) is 5.32 Å². The molecule has 5 heteroatoms. The molecule has 5 nitrogen and oxygen atoms in total. The SMILES string of the molecule is CCCCCOCC(=O)N[C@@H](CC(=O)O)c1ccc2ccccc2c1. The largest absolute Gasteiger partial charge is 0.481 e. The maximum absolute atomic E-state index is 12.1. The first kappa shape index (κ1) is 18.9. The molecule has 0 radical (unpaired) electrons. The molecule has 0 aliphatic heterocycles. The van der Waals surface area contributed by atoms with Gasteiger partial charge in [-0.3, -0.25) is 9.59 Å². The third kappa shape index (κ3) is 6.19. The molecule has 0 heterocycles. The van der Waals surface area contributed by atoms with E-state index in [0.717, 1.165) is 35.6 Å². The van der Waals surface area contributed by atoms with Crippen LogP contribution in [0.3, 0.4) is 0 Å². The minimum Gasteiger partial charge on any atom is -0.481 e. The Balaban J connectivity index is 2.01. The number of benzene rings is 2. The highest BCUT2D eigenvalue weighted by molar-refractivity contribution is 5.84. The third-order valence-electron chi connectivity index (χ3n) is 4.02. The Morgan fingerprint density at radius 1 is 1.12 bits per heavy atom. The smallest absolute Gasteiger partial charge is 0.305 e. The van der Waals surface area contributed by atoms with Gasteiger partial charge in [0.2, 0.25) is 5.91 Å². The van der Waals surface area contributed by atoms with Crippen LogP contribution in [0.15, 0.2) is 42.5 Å². The molecule has 0 saturated heterocycles. The molecular weight excluding hydrogens is 318 g/mol. The average molecular weight is 343 g/mol. The van der Waals surface area contributed by atoms with Crippen LogP contribution in [0.4, 0.5) is 0 Å². The number of carbonyl (C=O) groups excluding carboxylic acids is 1. The minimum atomic E-state index is -0.956. The highest BCUT2D eigenvalue weighted by atomic mass is 16.5. The lowest BCUT2D eigenvalue weighted by atomic mass is 9.99. The van der Waals surface area contributed by atoms with Crippen molar-refractivity contribution in [3.63, 3.8) is 0 Å². The highest BCUT2D eigenvalue weighted by Crippen LogP contribution is 2.22. The Morgan fingerprint density at radius 3 is 2.60 bits per heavy atom. The number of rotatable bonds is 10. The number of nitrogens with one attached hydrogen (secondary N) is 1. The Hall–Kier alpha value is -2.40. The van der Waals surface area contributed by atoms with Gasteiger partial charge in [0.25, 0.3) is 0 Å². The lowest BCUT2D eigenvalue weighted by molar-refractivity contribution is -0.138. The second-order valence-corrected chi connectivity index (χ2v) is 6.08. The Labute approximate surface area is 148 Å². The first-order valence-electron chi connectivity index (χ1n) is 8.67. The van der Waals surface area contributed by atoms with Crippen LogP contribution in [0.2, 0.25) is 0 Å². The molecule has 0 spiro atoms. The summed E-state index contributed by atoms with van der Waals surface area (Å²) in [6.45, 7) is 2.60. The van der Waals surface area contributed by atoms with Crippen molar-refractivity contribution in [2.24, 2.45) is 0 Å². The van der Waals surface area contributed by atoms with Crippen molar-refractivity contribution in [3.8, 4) is 0 Å². The zero-order valence-electron chi connectivity index (χ0n) is 14.5. The fourth-order valence-electron chi connectivity index (χ4n) is 2.71. The molecule has 0 saturated carbocycles. The van der Waals surface area contributed by atoms with Gasteiger partial charge in [-0.25, -0.2) is 0 Å². The lowest BCUT2D eigenvalue weighted by Gasteiger charge is -2.18. The van der Waals surface area contributed by atoms with Crippen LogP contribution in [-0.4, -0.2) is 30.2 Å². The predicted octanol–water partition coefficient (Wildman–Crippen LogP) is 3.68. The number of fused-ring (bicyclic) bond motifs is 1. The number of amides is 1. The minimum absolute atomic E-state index is 0.0482. The summed E-state index contributed by atoms with van der Waals surface area (Å²) in [6.07, 6.45) is 2.92. The van der Waals surface area contributed by atoms with E-state index in [9.17, 15) is 9.59 Å². The second kappa shape index (κ2) is 9.79. The van der Waals surface area contributed by atoms with E-state index in [1.54, 1.807) is 0 Å². The fourth-order valence-corrected chi connectivity index (χ4v) is 2.71. The van der Waals surface area contributed by atoms with Crippen LogP contribution in [0.5, 0.6) is 0 Å². The molecule has 0 aliphatic carbocycles. The maximum atomic E-state index is 12.1. The molecule has 1 atom stereocenters. The van der Waals surface area contributed by atoms with Crippen molar-refractivity contribution in [3.05, 3.63) is 48.0 Å². The van der Waals surface area contributed by atoms with Gasteiger partial charge in [-0.05, 0) is 28.8 Å². The number of aliphatic carboxylic acids is 1. The van der Waals surface area contributed by atoms with Gasteiger partial charge in [0.15, 0.2) is 0 Å². The van der Waals surface area contributed by atoms with Crippen molar-refractivity contribution in [1.29, 1.82) is 0 Å². The lowest BCUT2D eigenvalue weighted by Crippen LogP contribution is -2.33. The van der Waals surface area contributed by atoms with Crippen LogP contribution >= 0.6 is 0 Å². The molecule has 0 unspecified atom stereocenters. The topological polar surface area (TPSA) is 75.6 Å². The van der Waals surface area contributed by atoms with Crippen LogP contribution < -0.4 is 5.32 Å². The monoisotopic (exact) mass is 343 g/mol. The molecule has 2 aromatic carbocycles. The van der Waals surface area contributed by atoms with Crippen molar-refractivity contribution >= 4 is 22.6 Å². The van der Waals surface area contributed by atoms with E-state index in [-0.39, 0.29) is 18.9 Å². The molecule has 0 aromatic heterocycles. The fraction of sp³-hybridized carbons (Fsp3) is 0.400. The summed E-state index contributed by atoms with van der Waals surface area (Å²) in [5, 5.41) is 14.0. The van der Waals surface area contributed by atoms with Gasteiger partial charge >= 0.3 is 5.97 Å². The number of unbranched alkanes of at least 4 members (excludes halogenated alkanes) is 2. The molecule has 1 amide bonds. The number of hydrogen-bond donors (Lipinski definition) is 2. The molecule has 0 fully saturated rings. The van der Waals surface area contributed by atoms with Crippen molar-refractivity contribution in [2.45, 2.75) is 38.6 Å². The summed E-state index contributed by atoms with van der Waals surface area (Å²) < 4.78 is 5.35. The van der Waals surface area contributed by atoms with Crippen LogP contribution in [0, 0.1) is 0 Å². The Morgan fingerprint density at radius 2 is 1.88 bits per heavy atom. The number of carbonyl (C=O) groups is 2. The summed E-state index contributed by atoms with van der Waals surface area (Å²) in [5.41, 5.74) is 0.778. The maximum Gasteiger partial charge on any atom is 0.305 e. The van der Waals surface area contributed by atoms with E-state index < -0.39 is 12.0 Å². The van der Waals surface area contributed by atoms with Gasteiger partial charge in [0, 0.05) is 6.61 Å². The summed E-state index contributed by atoms with van der Waals surface area (Å²) in [4.78, 5) is 23.3. The van der Waals surface area contributed by atoms with Gasteiger partial charge in [-0.1, -0.05) is 56.2 Å². The Kier molecular flexibility index (Phi) is 7.41. The number of ether oxygens (including phenoxy) is 1. The quantitative estimate of drug-likeness (QED) is 0.645. The second-order valence-electron chi connectivity index (χ2n) is 6.08. The normalized spacial score (nSPS) is 12.0. The van der Waals surface area contributed by atoms with E-state index in [0.29, 0.717) is 6.61 Å². The summed E-state index contributed by atoms with van der Waals surface area (Å²) >= 11 is 0.